The number of methoxy groups -OCH3 is 1. The Morgan fingerprint density at radius 2 is 1.93 bits per heavy atom. The summed E-state index contributed by atoms with van der Waals surface area (Å²) in [5, 5.41) is 10.8. The van der Waals surface area contributed by atoms with Gasteiger partial charge < -0.3 is 19.3 Å². The summed E-state index contributed by atoms with van der Waals surface area (Å²) in [6.07, 6.45) is 3.68. The maximum Gasteiger partial charge on any atom is 0.412 e. The van der Waals surface area contributed by atoms with Crippen LogP contribution in [0.25, 0.3) is 11.1 Å². The highest BCUT2D eigenvalue weighted by atomic mass is 16.6. The second-order valence-electron chi connectivity index (χ2n) is 7.39. The summed E-state index contributed by atoms with van der Waals surface area (Å²) >= 11 is 0. The topological polar surface area (TPSA) is 68.2 Å². The van der Waals surface area contributed by atoms with Crippen molar-refractivity contribution in [1.82, 2.24) is 4.90 Å². The lowest BCUT2D eigenvalue weighted by atomic mass is 9.98. The zero-order valence-electron chi connectivity index (χ0n) is 18.4. The third-order valence-electron chi connectivity index (χ3n) is 4.76. The maximum atomic E-state index is 12.1. The van der Waals surface area contributed by atoms with Crippen molar-refractivity contribution in [2.75, 3.05) is 34.1 Å². The van der Waals surface area contributed by atoms with E-state index in [9.17, 15) is 9.90 Å². The molecule has 1 amide bonds. The Labute approximate surface area is 179 Å². The number of amides is 1. The summed E-state index contributed by atoms with van der Waals surface area (Å²) in [6, 6.07) is 11.7. The third-order valence-corrected chi connectivity index (χ3v) is 4.76. The van der Waals surface area contributed by atoms with Crippen molar-refractivity contribution in [2.24, 2.45) is 0 Å². The average Bonchev–Trinajstić information content (AvgIpc) is 2.72. The molecule has 0 heterocycles. The molecule has 0 fully saturated rings. The molecule has 0 spiro atoms. The Kier molecular flexibility index (Phi) is 9.48. The first-order valence-electron chi connectivity index (χ1n) is 10.4. The molecule has 0 aliphatic rings. The highest BCUT2D eigenvalue weighted by molar-refractivity contribution is 5.77. The first-order valence-corrected chi connectivity index (χ1v) is 10.4. The van der Waals surface area contributed by atoms with Crippen molar-refractivity contribution in [1.29, 1.82) is 0 Å². The van der Waals surface area contributed by atoms with E-state index in [1.54, 1.807) is 14.2 Å². The van der Waals surface area contributed by atoms with E-state index in [1.807, 2.05) is 43.3 Å². The van der Waals surface area contributed by atoms with Gasteiger partial charge in [0, 0.05) is 14.2 Å². The predicted molar refractivity (Wildman–Crippen MR) is 118 cm³/mol. The number of carbonyl (C=O) groups excluding carboxylic acids is 1. The molecule has 30 heavy (non-hydrogen) atoms. The molecule has 2 aromatic carbocycles. The van der Waals surface area contributed by atoms with Crippen molar-refractivity contribution in [3.8, 4) is 22.6 Å². The van der Waals surface area contributed by atoms with Gasteiger partial charge in [-0.1, -0.05) is 49.6 Å². The normalized spacial score (nSPS) is 10.7. The number of phenolic OH excluding ortho intramolecular Hbond substituents is 1. The predicted octanol–water partition coefficient (Wildman–Crippen LogP) is 5.15. The van der Waals surface area contributed by atoms with Gasteiger partial charge in [-0.05, 0) is 43.0 Å². The van der Waals surface area contributed by atoms with E-state index in [0.717, 1.165) is 42.4 Å². The van der Waals surface area contributed by atoms with Gasteiger partial charge in [-0.3, -0.25) is 4.90 Å². The number of aryl methyl sites for hydroxylation is 2. The molecule has 0 aliphatic heterocycles. The van der Waals surface area contributed by atoms with Gasteiger partial charge >= 0.3 is 6.09 Å². The Hall–Kier alpha value is -2.73. The van der Waals surface area contributed by atoms with Crippen molar-refractivity contribution in [2.45, 2.75) is 39.5 Å². The Morgan fingerprint density at radius 1 is 1.13 bits per heavy atom. The molecule has 0 aromatic heterocycles. The number of phenols is 1. The zero-order chi connectivity index (χ0) is 21.9. The van der Waals surface area contributed by atoms with Gasteiger partial charge in [-0.25, -0.2) is 4.79 Å². The monoisotopic (exact) mass is 415 g/mol. The first kappa shape index (κ1) is 23.5. The molecular weight excluding hydrogens is 382 g/mol. The van der Waals surface area contributed by atoms with Crippen LogP contribution in [0.4, 0.5) is 4.79 Å². The van der Waals surface area contributed by atoms with Gasteiger partial charge in [0.25, 0.3) is 0 Å². The van der Waals surface area contributed by atoms with Crippen LogP contribution >= 0.6 is 0 Å². The molecule has 164 valence electrons. The largest absolute Gasteiger partial charge is 0.507 e. The van der Waals surface area contributed by atoms with E-state index in [-0.39, 0.29) is 19.1 Å². The molecule has 6 heteroatoms. The lowest BCUT2D eigenvalue weighted by Gasteiger charge is -2.20. The van der Waals surface area contributed by atoms with Gasteiger partial charge in [0.05, 0.1) is 12.2 Å². The van der Waals surface area contributed by atoms with Gasteiger partial charge in [0.2, 0.25) is 0 Å². The second kappa shape index (κ2) is 12.1. The number of aromatic hydroxyl groups is 1. The maximum absolute atomic E-state index is 12.1. The van der Waals surface area contributed by atoms with Crippen molar-refractivity contribution in [3.05, 3.63) is 47.5 Å². The Balaban J connectivity index is 2.23. The summed E-state index contributed by atoms with van der Waals surface area (Å²) in [5.74, 6) is 0.721. The van der Waals surface area contributed by atoms with E-state index in [2.05, 4.69) is 6.92 Å². The van der Waals surface area contributed by atoms with E-state index >= 15 is 0 Å². The molecule has 0 saturated carbocycles. The Bertz CT molecular complexity index is 821. The average molecular weight is 416 g/mol. The van der Waals surface area contributed by atoms with E-state index in [4.69, 9.17) is 14.2 Å². The highest BCUT2D eigenvalue weighted by Gasteiger charge is 2.17. The summed E-state index contributed by atoms with van der Waals surface area (Å²) in [5.41, 5.74) is 3.59. The van der Waals surface area contributed by atoms with Crippen molar-refractivity contribution < 1.29 is 24.1 Å². The summed E-state index contributed by atoms with van der Waals surface area (Å²) in [7, 11) is 3.15. The van der Waals surface area contributed by atoms with Crippen LogP contribution < -0.4 is 4.74 Å². The van der Waals surface area contributed by atoms with Crippen LogP contribution in [0.1, 0.15) is 37.3 Å². The van der Waals surface area contributed by atoms with Gasteiger partial charge in [-0.15, -0.1) is 0 Å². The standard InChI is InChI=1S/C24H33NO5/c1-5-6-7-10-19-15-21(26)23(20-11-8-9-18(2)14-20)22(16-19)30-17-25(3)24(27)29-13-12-28-4/h8-9,11,14-16,26H,5-7,10,12-13,17H2,1-4H3. The molecule has 0 aliphatic carbocycles. The fourth-order valence-electron chi connectivity index (χ4n) is 3.13. The number of ether oxygens (including phenoxy) is 3. The number of nitrogens with zero attached hydrogens (tertiary/aromatic N) is 1. The van der Waals surface area contributed by atoms with Crippen molar-refractivity contribution >= 4 is 6.09 Å². The molecular formula is C24H33NO5. The van der Waals surface area contributed by atoms with E-state index < -0.39 is 6.09 Å². The minimum Gasteiger partial charge on any atom is -0.507 e. The van der Waals surface area contributed by atoms with Crippen LogP contribution in [0.3, 0.4) is 0 Å². The van der Waals surface area contributed by atoms with Crippen LogP contribution in [-0.4, -0.2) is 50.2 Å². The second-order valence-corrected chi connectivity index (χ2v) is 7.39. The lowest BCUT2D eigenvalue weighted by molar-refractivity contribution is 0.0598. The summed E-state index contributed by atoms with van der Waals surface area (Å²) < 4.78 is 16.0. The van der Waals surface area contributed by atoms with Crippen LogP contribution in [0.5, 0.6) is 11.5 Å². The number of rotatable bonds is 11. The minimum absolute atomic E-state index is 0.00246. The van der Waals surface area contributed by atoms with Crippen LogP contribution in [0.15, 0.2) is 36.4 Å². The number of hydrogen-bond donors (Lipinski definition) is 1. The SMILES string of the molecule is CCCCCc1cc(O)c(-c2cccc(C)c2)c(OCN(C)C(=O)OCCOC)c1. The van der Waals surface area contributed by atoms with Crippen molar-refractivity contribution in [3.63, 3.8) is 0 Å². The smallest absolute Gasteiger partial charge is 0.412 e. The quantitative estimate of drug-likeness (QED) is 0.406. The Morgan fingerprint density at radius 3 is 2.63 bits per heavy atom. The van der Waals surface area contributed by atoms with E-state index in [0.29, 0.717) is 17.9 Å². The highest BCUT2D eigenvalue weighted by Crippen LogP contribution is 2.39. The van der Waals surface area contributed by atoms with Gasteiger partial charge in [0.15, 0.2) is 6.73 Å². The lowest BCUT2D eigenvalue weighted by Crippen LogP contribution is -2.32. The van der Waals surface area contributed by atoms with Crippen LogP contribution in [0.2, 0.25) is 0 Å². The van der Waals surface area contributed by atoms with Crippen LogP contribution in [0, 0.1) is 6.92 Å². The summed E-state index contributed by atoms with van der Waals surface area (Å²) in [4.78, 5) is 13.4. The van der Waals surface area contributed by atoms with Gasteiger partial charge in [-0.2, -0.15) is 0 Å². The molecule has 0 radical (unpaired) electrons. The third kappa shape index (κ3) is 6.95. The van der Waals surface area contributed by atoms with E-state index in [1.165, 1.54) is 4.90 Å². The minimum atomic E-state index is -0.493. The molecule has 0 saturated heterocycles. The number of hydrogen-bond acceptors (Lipinski definition) is 5. The number of carbonyl (C=O) groups is 1. The fourth-order valence-corrected chi connectivity index (χ4v) is 3.13. The molecule has 0 atom stereocenters. The van der Waals surface area contributed by atoms with Crippen LogP contribution in [-0.2, 0) is 15.9 Å². The first-order chi connectivity index (χ1) is 14.5. The van der Waals surface area contributed by atoms with Gasteiger partial charge in [0.1, 0.15) is 18.1 Å². The molecule has 0 unspecified atom stereocenters. The number of unbranched alkanes of at least 4 members (excludes halogenated alkanes) is 2. The molecule has 6 nitrogen and oxygen atoms in total. The molecule has 2 rings (SSSR count). The molecule has 1 N–H and O–H groups in total. The molecule has 0 bridgehead atoms. The molecule has 2 aromatic rings. The summed E-state index contributed by atoms with van der Waals surface area (Å²) in [6.45, 7) is 4.69. The zero-order valence-corrected chi connectivity index (χ0v) is 18.4. The number of benzene rings is 2. The fraction of sp³-hybridized carbons (Fsp3) is 0.458.